The van der Waals surface area contributed by atoms with Crippen molar-refractivity contribution in [2.24, 2.45) is 5.73 Å². The normalized spacial score (nSPS) is 17.5. The van der Waals surface area contributed by atoms with E-state index in [1.165, 1.54) is 12.1 Å². The molecule has 0 bridgehead atoms. The Kier molecular flexibility index (Phi) is 6.58. The van der Waals surface area contributed by atoms with Crippen LogP contribution in [0.5, 0.6) is 5.75 Å². The van der Waals surface area contributed by atoms with Crippen LogP contribution < -0.4 is 10.5 Å². The monoisotopic (exact) mass is 329 g/mol. The van der Waals surface area contributed by atoms with Crippen molar-refractivity contribution in [1.82, 2.24) is 4.90 Å². The van der Waals surface area contributed by atoms with Crippen LogP contribution in [0.4, 0.5) is 5.69 Å². The van der Waals surface area contributed by atoms with E-state index in [1.54, 1.807) is 17.9 Å². The number of hydrogen-bond acceptors (Lipinski definition) is 5. The van der Waals surface area contributed by atoms with Crippen LogP contribution in [0, 0.1) is 10.1 Å². The Labute approximate surface area is 135 Å². The number of hydrogen-bond donors (Lipinski definition) is 1. The van der Waals surface area contributed by atoms with Crippen molar-refractivity contribution in [2.75, 3.05) is 19.7 Å². The highest BCUT2D eigenvalue weighted by Crippen LogP contribution is 2.28. The maximum absolute atomic E-state index is 12.4. The smallest absolute Gasteiger partial charge is 0.311 e. The molecular weight excluding hydrogens is 310 g/mol. The minimum Gasteiger partial charge on any atom is -0.487 e. The molecule has 1 saturated heterocycles. The Morgan fingerprint density at radius 1 is 1.55 bits per heavy atom. The summed E-state index contributed by atoms with van der Waals surface area (Å²) < 4.78 is 5.21. The number of piperidine rings is 1. The molecule has 0 aromatic heterocycles. The Balaban J connectivity index is 0.00000242. The van der Waals surface area contributed by atoms with Crippen molar-refractivity contribution >= 4 is 24.0 Å². The number of benzene rings is 1. The molecule has 1 aliphatic heterocycles. The van der Waals surface area contributed by atoms with E-state index in [1.807, 2.05) is 0 Å². The van der Waals surface area contributed by atoms with Gasteiger partial charge < -0.3 is 15.4 Å². The van der Waals surface area contributed by atoms with E-state index in [-0.39, 0.29) is 35.8 Å². The number of amides is 1. The molecule has 22 heavy (non-hydrogen) atoms. The van der Waals surface area contributed by atoms with Crippen LogP contribution in [0.2, 0.25) is 0 Å². The Morgan fingerprint density at radius 2 is 2.27 bits per heavy atom. The van der Waals surface area contributed by atoms with Gasteiger partial charge in [0.1, 0.15) is 0 Å². The van der Waals surface area contributed by atoms with E-state index in [0.29, 0.717) is 25.3 Å². The molecule has 1 aromatic rings. The number of halogens is 1. The van der Waals surface area contributed by atoms with E-state index in [4.69, 9.17) is 10.5 Å². The quantitative estimate of drug-likeness (QED) is 0.672. The topological polar surface area (TPSA) is 98.7 Å². The molecule has 1 fully saturated rings. The summed E-state index contributed by atoms with van der Waals surface area (Å²) in [5.74, 6) is -0.0503. The molecule has 2 N–H and O–H groups in total. The van der Waals surface area contributed by atoms with E-state index in [0.717, 1.165) is 12.8 Å². The number of nitro groups is 1. The summed E-state index contributed by atoms with van der Waals surface area (Å²) in [4.78, 5) is 24.6. The maximum Gasteiger partial charge on any atom is 0.311 e. The molecule has 2 rings (SSSR count). The Morgan fingerprint density at radius 3 is 2.86 bits per heavy atom. The third-order valence-corrected chi connectivity index (χ3v) is 3.45. The van der Waals surface area contributed by atoms with Crippen LogP contribution in [-0.4, -0.2) is 41.5 Å². The number of nitrogens with two attached hydrogens (primary N) is 1. The van der Waals surface area contributed by atoms with E-state index in [9.17, 15) is 14.9 Å². The first-order valence-electron chi connectivity index (χ1n) is 6.99. The molecule has 1 atom stereocenters. The fraction of sp³-hybridized carbons (Fsp3) is 0.500. The molecule has 0 saturated carbocycles. The summed E-state index contributed by atoms with van der Waals surface area (Å²) in [6, 6.07) is 4.27. The van der Waals surface area contributed by atoms with Crippen molar-refractivity contribution < 1.29 is 14.5 Å². The van der Waals surface area contributed by atoms with E-state index in [2.05, 4.69) is 0 Å². The van der Waals surface area contributed by atoms with Gasteiger partial charge in [0.15, 0.2) is 5.75 Å². The maximum atomic E-state index is 12.4. The minimum atomic E-state index is -0.538. The molecule has 0 radical (unpaired) electrons. The van der Waals surface area contributed by atoms with Crippen molar-refractivity contribution in [1.29, 1.82) is 0 Å². The standard InChI is InChI=1S/C14H19N3O4.ClH/c1-2-21-13-6-5-10(8-12(13)17(19)20)14(18)16-7-3-4-11(15)9-16;/h5-6,8,11H,2-4,7,9,15H2,1H3;1H. The molecule has 1 heterocycles. The summed E-state index contributed by atoms with van der Waals surface area (Å²) in [7, 11) is 0. The zero-order valence-electron chi connectivity index (χ0n) is 12.4. The third kappa shape index (κ3) is 4.08. The summed E-state index contributed by atoms with van der Waals surface area (Å²) >= 11 is 0. The van der Waals surface area contributed by atoms with E-state index >= 15 is 0 Å². The van der Waals surface area contributed by atoms with Crippen LogP contribution in [0.3, 0.4) is 0 Å². The largest absolute Gasteiger partial charge is 0.487 e. The SMILES string of the molecule is CCOc1ccc(C(=O)N2CCCC(N)C2)cc1[N+](=O)[O-].Cl. The van der Waals surface area contributed by atoms with Gasteiger partial charge in [0.2, 0.25) is 0 Å². The Bertz CT molecular complexity index is 553. The number of ether oxygens (including phenoxy) is 1. The second-order valence-electron chi connectivity index (χ2n) is 5.03. The van der Waals surface area contributed by atoms with Gasteiger partial charge in [-0.3, -0.25) is 14.9 Å². The van der Waals surface area contributed by atoms with Gasteiger partial charge in [-0.15, -0.1) is 12.4 Å². The first kappa shape index (κ1) is 18.2. The zero-order chi connectivity index (χ0) is 15.4. The summed E-state index contributed by atoms with van der Waals surface area (Å²) in [6.45, 7) is 3.19. The van der Waals surface area contributed by atoms with Gasteiger partial charge in [0, 0.05) is 30.8 Å². The summed E-state index contributed by atoms with van der Waals surface area (Å²) in [5.41, 5.74) is 5.96. The minimum absolute atomic E-state index is 0. The predicted molar refractivity (Wildman–Crippen MR) is 84.6 cm³/mol. The van der Waals surface area contributed by atoms with Gasteiger partial charge in [0.05, 0.1) is 11.5 Å². The van der Waals surface area contributed by atoms with Crippen LogP contribution in [0.15, 0.2) is 18.2 Å². The lowest BCUT2D eigenvalue weighted by molar-refractivity contribution is -0.385. The van der Waals surface area contributed by atoms with Crippen LogP contribution >= 0.6 is 12.4 Å². The number of likely N-dealkylation sites (tertiary alicyclic amines) is 1. The van der Waals surface area contributed by atoms with Crippen LogP contribution in [0.1, 0.15) is 30.1 Å². The molecule has 122 valence electrons. The van der Waals surface area contributed by atoms with Gasteiger partial charge in [0.25, 0.3) is 5.91 Å². The third-order valence-electron chi connectivity index (χ3n) is 3.45. The fourth-order valence-corrected chi connectivity index (χ4v) is 2.45. The Hall–Kier alpha value is -1.86. The van der Waals surface area contributed by atoms with Crippen LogP contribution in [-0.2, 0) is 0 Å². The number of carbonyl (C=O) groups is 1. The van der Waals surface area contributed by atoms with Crippen molar-refractivity contribution in [2.45, 2.75) is 25.8 Å². The average Bonchev–Trinajstić information content (AvgIpc) is 2.47. The average molecular weight is 330 g/mol. The van der Waals surface area contributed by atoms with Crippen molar-refractivity contribution in [3.8, 4) is 5.75 Å². The molecule has 0 aliphatic carbocycles. The first-order valence-corrected chi connectivity index (χ1v) is 6.99. The second kappa shape index (κ2) is 7.95. The summed E-state index contributed by atoms with van der Waals surface area (Å²) in [5, 5.41) is 11.1. The zero-order valence-corrected chi connectivity index (χ0v) is 13.2. The molecule has 1 amide bonds. The lowest BCUT2D eigenvalue weighted by atomic mass is 10.0. The highest BCUT2D eigenvalue weighted by Gasteiger charge is 2.25. The molecule has 8 heteroatoms. The van der Waals surface area contributed by atoms with Crippen LogP contribution in [0.25, 0.3) is 0 Å². The van der Waals surface area contributed by atoms with Gasteiger partial charge in [-0.05, 0) is 31.9 Å². The van der Waals surface area contributed by atoms with Gasteiger partial charge in [-0.2, -0.15) is 0 Å². The molecule has 1 aromatic carbocycles. The number of rotatable bonds is 4. The summed E-state index contributed by atoms with van der Waals surface area (Å²) in [6.07, 6.45) is 1.75. The van der Waals surface area contributed by atoms with E-state index < -0.39 is 4.92 Å². The molecule has 0 spiro atoms. The predicted octanol–water partition coefficient (Wildman–Crippen LogP) is 1.98. The lowest BCUT2D eigenvalue weighted by Gasteiger charge is -2.30. The molecule has 7 nitrogen and oxygen atoms in total. The second-order valence-corrected chi connectivity index (χ2v) is 5.03. The fourth-order valence-electron chi connectivity index (χ4n) is 2.45. The van der Waals surface area contributed by atoms with Gasteiger partial charge in [-0.25, -0.2) is 0 Å². The highest BCUT2D eigenvalue weighted by molar-refractivity contribution is 5.95. The lowest BCUT2D eigenvalue weighted by Crippen LogP contribution is -2.45. The first-order chi connectivity index (χ1) is 10.0. The number of carbonyl (C=O) groups excluding carboxylic acids is 1. The number of nitrogens with zero attached hydrogens (tertiary/aromatic N) is 2. The van der Waals surface area contributed by atoms with Gasteiger partial charge >= 0.3 is 5.69 Å². The molecule has 1 aliphatic rings. The van der Waals surface area contributed by atoms with Crippen molar-refractivity contribution in [3.63, 3.8) is 0 Å². The highest BCUT2D eigenvalue weighted by atomic mass is 35.5. The number of nitro benzene ring substituents is 1. The van der Waals surface area contributed by atoms with Crippen molar-refractivity contribution in [3.05, 3.63) is 33.9 Å². The molecule has 1 unspecified atom stereocenters. The van der Waals surface area contributed by atoms with Gasteiger partial charge in [-0.1, -0.05) is 0 Å². The molecular formula is C14H20ClN3O4.